The maximum absolute atomic E-state index is 10.2. The zero-order valence-electron chi connectivity index (χ0n) is 7.15. The smallest absolute Gasteiger partial charge is 0.350 e. The third-order valence-electron chi connectivity index (χ3n) is 1.41. The Hall–Kier alpha value is -0.490. The van der Waals surface area contributed by atoms with E-state index in [9.17, 15) is 4.57 Å². The van der Waals surface area contributed by atoms with Gasteiger partial charge in [0.05, 0.1) is 0 Å². The lowest BCUT2D eigenvalue weighted by atomic mass is 10.1. The highest BCUT2D eigenvalue weighted by molar-refractivity contribution is 7.46. The van der Waals surface area contributed by atoms with E-state index in [0.29, 0.717) is 0 Å². The predicted octanol–water partition coefficient (Wildman–Crippen LogP) is 1.49. The summed E-state index contributed by atoms with van der Waals surface area (Å²) in [6, 6.07) is 0. The van der Waals surface area contributed by atoms with Crippen molar-refractivity contribution >= 4 is 7.82 Å². The van der Waals surface area contributed by atoms with Crippen molar-refractivity contribution in [3.8, 4) is 12.0 Å². The van der Waals surface area contributed by atoms with Crippen molar-refractivity contribution in [3.63, 3.8) is 0 Å². The van der Waals surface area contributed by atoms with Gasteiger partial charge in [0.1, 0.15) is 6.11 Å². The van der Waals surface area contributed by atoms with E-state index in [1.54, 1.807) is 0 Å². The lowest BCUT2D eigenvalue weighted by molar-refractivity contribution is 0.269. The van der Waals surface area contributed by atoms with Crippen LogP contribution >= 0.6 is 7.82 Å². The highest BCUT2D eigenvalue weighted by atomic mass is 31.2. The van der Waals surface area contributed by atoms with Gasteiger partial charge in [-0.15, -0.1) is 0 Å². The molecule has 0 aliphatic carbocycles. The van der Waals surface area contributed by atoms with Gasteiger partial charge >= 0.3 is 7.82 Å². The molecule has 0 aromatic rings. The molecule has 4 nitrogen and oxygen atoms in total. The Bertz CT molecular complexity index is 217. The molecule has 0 unspecified atom stereocenters. The highest BCUT2D eigenvalue weighted by Crippen LogP contribution is 2.34. The number of hydrogen-bond donors (Lipinski definition) is 2. The maximum Gasteiger partial charge on any atom is 0.533 e. The van der Waals surface area contributed by atoms with E-state index in [4.69, 9.17) is 9.79 Å². The molecular formula is C7H13O4P. The molecule has 0 heterocycles. The van der Waals surface area contributed by atoms with Gasteiger partial charge in [0.25, 0.3) is 0 Å². The lowest BCUT2D eigenvalue weighted by Gasteiger charge is -2.01. The third kappa shape index (κ3) is 6.23. The lowest BCUT2D eigenvalue weighted by Crippen LogP contribution is -1.91. The van der Waals surface area contributed by atoms with E-state index in [-0.39, 0.29) is 5.92 Å². The molecule has 0 aromatic heterocycles. The van der Waals surface area contributed by atoms with Gasteiger partial charge in [0, 0.05) is 5.92 Å². The van der Waals surface area contributed by atoms with E-state index in [0.717, 1.165) is 12.8 Å². The van der Waals surface area contributed by atoms with Crippen LogP contribution in [0.1, 0.15) is 26.7 Å². The summed E-state index contributed by atoms with van der Waals surface area (Å²) in [5.41, 5.74) is 0. The first-order valence-corrected chi connectivity index (χ1v) is 5.27. The molecule has 0 bridgehead atoms. The molecule has 0 fully saturated rings. The molecule has 12 heavy (non-hydrogen) atoms. The SMILES string of the molecule is CCC(C#COP(=O)(O)O)CC. The van der Waals surface area contributed by atoms with Gasteiger partial charge in [-0.1, -0.05) is 19.8 Å². The second-order valence-corrected chi connectivity index (χ2v) is 3.51. The fraction of sp³-hybridized carbons (Fsp3) is 0.714. The van der Waals surface area contributed by atoms with Crippen LogP contribution in [0.5, 0.6) is 0 Å². The first kappa shape index (κ1) is 11.5. The largest absolute Gasteiger partial charge is 0.533 e. The minimum Gasteiger partial charge on any atom is -0.350 e. The molecule has 0 aromatic carbocycles. The van der Waals surface area contributed by atoms with Crippen LogP contribution in [0.2, 0.25) is 0 Å². The van der Waals surface area contributed by atoms with E-state index in [1.165, 1.54) is 0 Å². The fourth-order valence-corrected chi connectivity index (χ4v) is 0.834. The van der Waals surface area contributed by atoms with Crippen molar-refractivity contribution in [2.75, 3.05) is 0 Å². The van der Waals surface area contributed by atoms with Gasteiger partial charge in [-0.3, -0.25) is 9.79 Å². The molecule has 2 N–H and O–H groups in total. The molecule has 0 amide bonds. The minimum absolute atomic E-state index is 0.150. The highest BCUT2D eigenvalue weighted by Gasteiger charge is 2.12. The van der Waals surface area contributed by atoms with Gasteiger partial charge in [0.15, 0.2) is 0 Å². The van der Waals surface area contributed by atoms with E-state index >= 15 is 0 Å². The van der Waals surface area contributed by atoms with Crippen LogP contribution in [-0.2, 0) is 9.09 Å². The van der Waals surface area contributed by atoms with Gasteiger partial charge < -0.3 is 4.52 Å². The number of phosphoric ester groups is 1. The van der Waals surface area contributed by atoms with Crippen LogP contribution in [0.3, 0.4) is 0 Å². The monoisotopic (exact) mass is 192 g/mol. The van der Waals surface area contributed by atoms with Crippen molar-refractivity contribution in [1.82, 2.24) is 0 Å². The molecule has 0 spiro atoms. The summed E-state index contributed by atoms with van der Waals surface area (Å²) >= 11 is 0. The standard InChI is InChI=1S/C7H13O4P/c1-3-7(4-2)5-6-11-12(8,9)10/h7H,3-4H2,1-2H3,(H2,8,9,10). The predicted molar refractivity (Wildman–Crippen MR) is 45.0 cm³/mol. The van der Waals surface area contributed by atoms with Crippen molar-refractivity contribution in [2.24, 2.45) is 5.92 Å². The summed E-state index contributed by atoms with van der Waals surface area (Å²) in [5.74, 6) is 2.76. The number of hydrogen-bond acceptors (Lipinski definition) is 2. The van der Waals surface area contributed by atoms with Crippen LogP contribution in [0.15, 0.2) is 0 Å². The maximum atomic E-state index is 10.2. The van der Waals surface area contributed by atoms with Gasteiger partial charge in [0.2, 0.25) is 0 Å². The van der Waals surface area contributed by atoms with Gasteiger partial charge in [-0.2, -0.15) is 0 Å². The average molecular weight is 192 g/mol. The Morgan fingerprint density at radius 3 is 2.25 bits per heavy atom. The van der Waals surface area contributed by atoms with Crippen molar-refractivity contribution < 1.29 is 18.9 Å². The van der Waals surface area contributed by atoms with Crippen LogP contribution in [0.4, 0.5) is 0 Å². The second-order valence-electron chi connectivity index (χ2n) is 2.34. The minimum atomic E-state index is -4.42. The summed E-state index contributed by atoms with van der Waals surface area (Å²) < 4.78 is 14.1. The molecule has 0 rings (SSSR count). The summed E-state index contributed by atoms with van der Waals surface area (Å²) in [5, 5.41) is 0. The van der Waals surface area contributed by atoms with Crippen molar-refractivity contribution in [3.05, 3.63) is 0 Å². The average Bonchev–Trinajstić information content (AvgIpc) is 1.96. The molecule has 0 aliphatic rings. The second kappa shape index (κ2) is 5.21. The van der Waals surface area contributed by atoms with Crippen LogP contribution in [-0.4, -0.2) is 9.79 Å². The zero-order chi connectivity index (χ0) is 9.61. The van der Waals surface area contributed by atoms with Crippen molar-refractivity contribution in [2.45, 2.75) is 26.7 Å². The summed E-state index contributed by atoms with van der Waals surface area (Å²) in [7, 11) is -4.42. The third-order valence-corrected chi connectivity index (χ3v) is 1.74. The summed E-state index contributed by atoms with van der Waals surface area (Å²) in [4.78, 5) is 16.5. The van der Waals surface area contributed by atoms with Crippen LogP contribution in [0.25, 0.3) is 0 Å². The Balaban J connectivity index is 3.95. The number of rotatable bonds is 3. The van der Waals surface area contributed by atoms with Gasteiger partial charge in [-0.05, 0) is 12.8 Å². The molecule has 0 atom stereocenters. The van der Waals surface area contributed by atoms with Gasteiger partial charge in [-0.25, -0.2) is 4.57 Å². The first-order valence-electron chi connectivity index (χ1n) is 3.74. The molecule has 0 radical (unpaired) electrons. The Morgan fingerprint density at radius 1 is 1.42 bits per heavy atom. The Labute approximate surface area is 72.2 Å². The molecule has 0 saturated heterocycles. The molecule has 5 heteroatoms. The topological polar surface area (TPSA) is 66.8 Å². The Morgan fingerprint density at radius 2 is 1.92 bits per heavy atom. The van der Waals surface area contributed by atoms with E-state index in [2.05, 4.69) is 10.4 Å². The van der Waals surface area contributed by atoms with E-state index in [1.807, 2.05) is 20.0 Å². The molecule has 0 aliphatic heterocycles. The zero-order valence-corrected chi connectivity index (χ0v) is 8.04. The van der Waals surface area contributed by atoms with Crippen LogP contribution in [0, 0.1) is 17.9 Å². The molecule has 0 saturated carbocycles. The Kier molecular flexibility index (Phi) is 5.00. The first-order chi connectivity index (χ1) is 5.49. The fourth-order valence-electron chi connectivity index (χ4n) is 0.662. The molecule has 70 valence electrons. The van der Waals surface area contributed by atoms with E-state index < -0.39 is 7.82 Å². The van der Waals surface area contributed by atoms with Crippen molar-refractivity contribution in [1.29, 1.82) is 0 Å². The number of phosphoric acid groups is 1. The van der Waals surface area contributed by atoms with Crippen LogP contribution < -0.4 is 0 Å². The molecular weight excluding hydrogens is 179 g/mol. The summed E-state index contributed by atoms with van der Waals surface area (Å²) in [6.07, 6.45) is 3.72. The summed E-state index contributed by atoms with van der Waals surface area (Å²) in [6.45, 7) is 3.92. The quantitative estimate of drug-likeness (QED) is 0.525. The normalized spacial score (nSPS) is 10.8.